The molecule has 0 bridgehead atoms. The Morgan fingerprint density at radius 1 is 1.11 bits per heavy atom. The second-order valence-corrected chi connectivity index (χ2v) is 4.86. The van der Waals surface area contributed by atoms with E-state index in [0.717, 1.165) is 10.2 Å². The molecule has 0 aliphatic heterocycles. The molecule has 0 aliphatic carbocycles. The Morgan fingerprint density at radius 3 is 2.67 bits per heavy atom. The first kappa shape index (κ1) is 11.3. The summed E-state index contributed by atoms with van der Waals surface area (Å²) in [6, 6.07) is 8.98. The first-order chi connectivity index (χ1) is 8.72. The summed E-state index contributed by atoms with van der Waals surface area (Å²) in [4.78, 5) is 8.22. The molecular formula is C12H8ClN3OS. The molecule has 18 heavy (non-hydrogen) atoms. The highest BCUT2D eigenvalue weighted by Crippen LogP contribution is 2.32. The third-order valence-corrected chi connectivity index (χ3v) is 3.40. The summed E-state index contributed by atoms with van der Waals surface area (Å²) >= 11 is 7.37. The fourth-order valence-corrected chi connectivity index (χ4v) is 2.45. The minimum absolute atomic E-state index is 0.173. The summed E-state index contributed by atoms with van der Waals surface area (Å²) in [7, 11) is 0. The first-order valence-corrected chi connectivity index (χ1v) is 6.42. The smallest absolute Gasteiger partial charge is 0.241 e. The molecule has 1 aromatic carbocycles. The molecular weight excluding hydrogens is 270 g/mol. The van der Waals surface area contributed by atoms with Gasteiger partial charge in [0.1, 0.15) is 10.4 Å². The number of hydrogen-bond acceptors (Lipinski definition) is 5. The maximum atomic E-state index is 5.85. The summed E-state index contributed by atoms with van der Waals surface area (Å²) in [5.41, 5.74) is 7.09. The van der Waals surface area contributed by atoms with Gasteiger partial charge in [-0.25, -0.2) is 4.98 Å². The van der Waals surface area contributed by atoms with Crippen LogP contribution in [0.3, 0.4) is 0 Å². The summed E-state index contributed by atoms with van der Waals surface area (Å²) in [6.07, 6.45) is 0. The van der Waals surface area contributed by atoms with Crippen molar-refractivity contribution in [3.05, 3.63) is 41.0 Å². The van der Waals surface area contributed by atoms with Gasteiger partial charge in [-0.05, 0) is 47.3 Å². The molecule has 2 N–H and O–H groups in total. The van der Waals surface area contributed by atoms with E-state index >= 15 is 0 Å². The number of hydrogen-bond donors (Lipinski definition) is 1. The highest BCUT2D eigenvalue weighted by atomic mass is 35.5. The minimum Gasteiger partial charge on any atom is -0.437 e. The molecule has 0 unspecified atom stereocenters. The molecule has 3 rings (SSSR count). The number of rotatable bonds is 2. The van der Waals surface area contributed by atoms with Crippen LogP contribution in [0.2, 0.25) is 5.28 Å². The van der Waals surface area contributed by atoms with E-state index in [-0.39, 0.29) is 5.28 Å². The van der Waals surface area contributed by atoms with E-state index < -0.39 is 0 Å². The van der Waals surface area contributed by atoms with E-state index in [1.54, 1.807) is 24.3 Å². The van der Waals surface area contributed by atoms with Gasteiger partial charge in [0.2, 0.25) is 11.2 Å². The fourth-order valence-electron chi connectivity index (χ4n) is 1.53. The van der Waals surface area contributed by atoms with Crippen LogP contribution in [-0.4, -0.2) is 9.97 Å². The summed E-state index contributed by atoms with van der Waals surface area (Å²) in [5.74, 6) is 1.12. The number of halogens is 1. The van der Waals surface area contributed by atoms with Crippen molar-refractivity contribution in [1.29, 1.82) is 0 Å². The van der Waals surface area contributed by atoms with E-state index in [2.05, 4.69) is 9.97 Å². The Bertz CT molecular complexity index is 696. The number of nitrogens with zero attached hydrogens (tertiary/aromatic N) is 2. The maximum absolute atomic E-state index is 5.85. The number of aromatic nitrogens is 2. The normalized spacial score (nSPS) is 10.7. The lowest BCUT2D eigenvalue weighted by molar-refractivity contribution is 0.469. The van der Waals surface area contributed by atoms with Gasteiger partial charge in [-0.15, -0.1) is 11.3 Å². The van der Waals surface area contributed by atoms with Crippen molar-refractivity contribution in [2.75, 3.05) is 5.73 Å². The number of nitrogen functional groups attached to an aromatic ring is 1. The number of ether oxygens (including phenoxy) is 1. The zero-order chi connectivity index (χ0) is 12.5. The third kappa shape index (κ3) is 2.10. The van der Waals surface area contributed by atoms with Crippen molar-refractivity contribution in [1.82, 2.24) is 9.97 Å². The molecule has 0 saturated heterocycles. The van der Waals surface area contributed by atoms with Crippen molar-refractivity contribution in [2.45, 2.75) is 0 Å². The number of nitrogens with two attached hydrogens (primary N) is 1. The lowest BCUT2D eigenvalue weighted by Gasteiger charge is -2.05. The van der Waals surface area contributed by atoms with Crippen LogP contribution in [0.1, 0.15) is 0 Å². The zero-order valence-corrected chi connectivity index (χ0v) is 10.7. The molecule has 0 saturated carbocycles. The van der Waals surface area contributed by atoms with Gasteiger partial charge in [-0.3, -0.25) is 0 Å². The Kier molecular flexibility index (Phi) is 2.77. The summed E-state index contributed by atoms with van der Waals surface area (Å²) in [6.45, 7) is 0. The third-order valence-electron chi connectivity index (χ3n) is 2.34. The predicted octanol–water partition coefficient (Wildman–Crippen LogP) is 3.72. The molecule has 2 aromatic heterocycles. The number of benzene rings is 1. The predicted molar refractivity (Wildman–Crippen MR) is 73.4 cm³/mol. The Morgan fingerprint density at radius 2 is 1.89 bits per heavy atom. The van der Waals surface area contributed by atoms with Crippen molar-refractivity contribution in [2.24, 2.45) is 0 Å². The maximum Gasteiger partial charge on any atom is 0.241 e. The van der Waals surface area contributed by atoms with Gasteiger partial charge in [-0.2, -0.15) is 4.98 Å². The molecule has 4 nitrogen and oxygen atoms in total. The van der Waals surface area contributed by atoms with E-state index in [0.29, 0.717) is 17.3 Å². The highest BCUT2D eigenvalue weighted by Gasteiger charge is 2.10. The van der Waals surface area contributed by atoms with Crippen LogP contribution >= 0.6 is 22.9 Å². The lowest BCUT2D eigenvalue weighted by Crippen LogP contribution is -1.91. The van der Waals surface area contributed by atoms with Gasteiger partial charge in [0.15, 0.2) is 0 Å². The molecule has 90 valence electrons. The average Bonchev–Trinajstić information content (AvgIpc) is 2.80. The van der Waals surface area contributed by atoms with Crippen LogP contribution in [0.25, 0.3) is 10.2 Å². The van der Waals surface area contributed by atoms with Gasteiger partial charge in [-0.1, -0.05) is 0 Å². The molecule has 0 amide bonds. The van der Waals surface area contributed by atoms with E-state index in [1.807, 2.05) is 11.4 Å². The van der Waals surface area contributed by atoms with Gasteiger partial charge >= 0.3 is 0 Å². The van der Waals surface area contributed by atoms with Gasteiger partial charge < -0.3 is 10.5 Å². The topological polar surface area (TPSA) is 61.0 Å². The van der Waals surface area contributed by atoms with E-state index in [1.165, 1.54) is 11.3 Å². The van der Waals surface area contributed by atoms with Crippen molar-refractivity contribution >= 4 is 38.8 Å². The first-order valence-electron chi connectivity index (χ1n) is 5.16. The molecule has 3 aromatic rings. The molecule has 0 radical (unpaired) electrons. The summed E-state index contributed by atoms with van der Waals surface area (Å²) in [5, 5.41) is 2.09. The van der Waals surface area contributed by atoms with Crippen LogP contribution in [0.15, 0.2) is 35.7 Å². The number of fused-ring (bicyclic) bond motifs is 1. The number of thiophene rings is 1. The standard InChI is InChI=1S/C12H8ClN3OS/c13-12-15-9-5-6-18-10(9)11(16-12)17-8-3-1-7(14)2-4-8/h1-6H,14H2. The second kappa shape index (κ2) is 4.44. The van der Waals surface area contributed by atoms with Crippen LogP contribution in [-0.2, 0) is 0 Å². The monoisotopic (exact) mass is 277 g/mol. The van der Waals surface area contributed by atoms with Gasteiger partial charge in [0.05, 0.1) is 5.52 Å². The van der Waals surface area contributed by atoms with Crippen LogP contribution in [0, 0.1) is 0 Å². The second-order valence-electron chi connectivity index (χ2n) is 3.60. The Hall–Kier alpha value is -1.85. The summed E-state index contributed by atoms with van der Waals surface area (Å²) < 4.78 is 6.58. The molecule has 0 aliphatic rings. The number of anilines is 1. The Labute approximate surface area is 112 Å². The molecule has 0 spiro atoms. The minimum atomic E-state index is 0.173. The van der Waals surface area contributed by atoms with Crippen molar-refractivity contribution in [3.8, 4) is 11.6 Å². The average molecular weight is 278 g/mol. The largest absolute Gasteiger partial charge is 0.437 e. The molecule has 6 heteroatoms. The van der Waals surface area contributed by atoms with Crippen LogP contribution in [0.4, 0.5) is 5.69 Å². The fraction of sp³-hybridized carbons (Fsp3) is 0. The SMILES string of the molecule is Nc1ccc(Oc2nc(Cl)nc3ccsc23)cc1. The lowest BCUT2D eigenvalue weighted by atomic mass is 10.3. The zero-order valence-electron chi connectivity index (χ0n) is 9.13. The van der Waals surface area contributed by atoms with Crippen LogP contribution < -0.4 is 10.5 Å². The van der Waals surface area contributed by atoms with Crippen molar-refractivity contribution < 1.29 is 4.74 Å². The van der Waals surface area contributed by atoms with Crippen LogP contribution in [0.5, 0.6) is 11.6 Å². The molecule has 0 fully saturated rings. The van der Waals surface area contributed by atoms with Gasteiger partial charge in [0, 0.05) is 5.69 Å². The molecule has 2 heterocycles. The van der Waals surface area contributed by atoms with E-state index in [9.17, 15) is 0 Å². The quantitative estimate of drug-likeness (QED) is 0.573. The van der Waals surface area contributed by atoms with Crippen molar-refractivity contribution in [3.63, 3.8) is 0 Å². The Balaban J connectivity index is 2.03. The van der Waals surface area contributed by atoms with E-state index in [4.69, 9.17) is 22.1 Å². The van der Waals surface area contributed by atoms with Gasteiger partial charge in [0.25, 0.3) is 0 Å². The molecule has 0 atom stereocenters. The highest BCUT2D eigenvalue weighted by molar-refractivity contribution is 7.17.